The van der Waals surface area contributed by atoms with Crippen molar-refractivity contribution in [2.45, 2.75) is 6.61 Å². The third kappa shape index (κ3) is 4.44. The van der Waals surface area contributed by atoms with E-state index in [1.165, 1.54) is 18.2 Å². The largest absolute Gasteiger partial charge is 0.493 e. The Hall–Kier alpha value is -4.29. The van der Waals surface area contributed by atoms with Crippen LogP contribution >= 0.6 is 11.6 Å². The minimum Gasteiger partial charge on any atom is -0.493 e. The number of hydrazine groups is 1. The first-order chi connectivity index (χ1) is 17.0. The molecule has 4 aromatic carbocycles. The molecule has 1 aliphatic rings. The molecular weight excluding hydrogens is 464 g/mol. The molecule has 0 aliphatic carbocycles. The molecule has 0 atom stereocenters. The second-order valence-corrected chi connectivity index (χ2v) is 8.34. The number of nitrogens with zero attached hydrogens (tertiary/aromatic N) is 1. The van der Waals surface area contributed by atoms with Crippen LogP contribution in [0.2, 0.25) is 5.02 Å². The molecular formula is C28H21ClN2O4. The third-order valence-electron chi connectivity index (χ3n) is 5.72. The van der Waals surface area contributed by atoms with Gasteiger partial charge >= 0.3 is 0 Å². The van der Waals surface area contributed by atoms with Gasteiger partial charge in [0.15, 0.2) is 11.5 Å². The Morgan fingerprint density at radius 3 is 2.49 bits per heavy atom. The normalized spacial score (nSPS) is 14.5. The number of fused-ring (bicyclic) bond motifs is 1. The first-order valence-electron chi connectivity index (χ1n) is 10.9. The van der Waals surface area contributed by atoms with Crippen molar-refractivity contribution in [1.82, 2.24) is 5.43 Å². The zero-order valence-corrected chi connectivity index (χ0v) is 19.6. The molecule has 0 spiro atoms. The van der Waals surface area contributed by atoms with Crippen molar-refractivity contribution in [3.05, 3.63) is 107 Å². The first-order valence-corrected chi connectivity index (χ1v) is 11.3. The second kappa shape index (κ2) is 9.52. The molecule has 174 valence electrons. The molecule has 0 saturated carbocycles. The van der Waals surface area contributed by atoms with Crippen LogP contribution < -0.4 is 19.9 Å². The van der Waals surface area contributed by atoms with E-state index in [1.54, 1.807) is 36.4 Å². The lowest BCUT2D eigenvalue weighted by atomic mass is 10.1. The van der Waals surface area contributed by atoms with Crippen LogP contribution in [0, 0.1) is 0 Å². The molecule has 5 rings (SSSR count). The summed E-state index contributed by atoms with van der Waals surface area (Å²) in [4.78, 5) is 25.4. The van der Waals surface area contributed by atoms with Gasteiger partial charge in [-0.3, -0.25) is 15.0 Å². The lowest BCUT2D eigenvalue weighted by molar-refractivity contribution is -0.117. The summed E-state index contributed by atoms with van der Waals surface area (Å²) < 4.78 is 11.6. The van der Waals surface area contributed by atoms with Crippen LogP contribution in [0.4, 0.5) is 5.69 Å². The Morgan fingerprint density at radius 1 is 0.943 bits per heavy atom. The Balaban J connectivity index is 1.41. The average Bonchev–Trinajstić information content (AvgIpc) is 3.16. The molecule has 0 unspecified atom stereocenters. The van der Waals surface area contributed by atoms with Crippen molar-refractivity contribution in [2.75, 3.05) is 12.1 Å². The van der Waals surface area contributed by atoms with Gasteiger partial charge in [0.05, 0.1) is 17.8 Å². The number of carbonyl (C=O) groups is 2. The van der Waals surface area contributed by atoms with E-state index in [2.05, 4.69) is 5.43 Å². The number of methoxy groups -OCH3 is 1. The molecule has 0 bridgehead atoms. The maximum Gasteiger partial charge on any atom is 0.282 e. The average molecular weight is 485 g/mol. The number of benzene rings is 4. The highest BCUT2D eigenvalue weighted by atomic mass is 35.5. The number of para-hydroxylation sites is 1. The fraction of sp³-hybridized carbons (Fsp3) is 0.0714. The quantitative estimate of drug-likeness (QED) is 0.288. The standard InChI is InChI=1S/C28H21ClN2O4/c1-34-25-16-18(14-23-27(32)30-31(28(23)33)21-11-3-2-4-12-21)15-24(29)26(25)35-17-20-10-7-9-19-8-5-6-13-22(19)20/h2-16H,17H2,1H3,(H,30,32)/b23-14-. The first kappa shape index (κ1) is 22.5. The van der Waals surface area contributed by atoms with Crippen LogP contribution in [0.3, 0.4) is 0 Å². The number of hydrogen-bond acceptors (Lipinski definition) is 4. The number of hydrogen-bond donors (Lipinski definition) is 1. The number of carbonyl (C=O) groups excluding carboxylic acids is 2. The van der Waals surface area contributed by atoms with Crippen LogP contribution in [0.25, 0.3) is 16.8 Å². The predicted octanol–water partition coefficient (Wildman–Crippen LogP) is 5.54. The van der Waals surface area contributed by atoms with Crippen molar-refractivity contribution in [3.8, 4) is 11.5 Å². The van der Waals surface area contributed by atoms with Gasteiger partial charge < -0.3 is 9.47 Å². The van der Waals surface area contributed by atoms with Crippen molar-refractivity contribution in [1.29, 1.82) is 0 Å². The van der Waals surface area contributed by atoms with Gasteiger partial charge in [-0.05, 0) is 52.2 Å². The maximum absolute atomic E-state index is 12.9. The van der Waals surface area contributed by atoms with Crippen molar-refractivity contribution >= 4 is 46.0 Å². The maximum atomic E-state index is 12.9. The summed E-state index contributed by atoms with van der Waals surface area (Å²) in [6, 6.07) is 26.3. The highest BCUT2D eigenvalue weighted by Crippen LogP contribution is 2.38. The number of ether oxygens (including phenoxy) is 2. The second-order valence-electron chi connectivity index (χ2n) is 7.94. The van der Waals surface area contributed by atoms with Gasteiger partial charge in [0, 0.05) is 0 Å². The van der Waals surface area contributed by atoms with E-state index >= 15 is 0 Å². The summed E-state index contributed by atoms with van der Waals surface area (Å²) in [5.41, 5.74) is 4.71. The van der Waals surface area contributed by atoms with E-state index in [-0.39, 0.29) is 5.57 Å². The van der Waals surface area contributed by atoms with Crippen molar-refractivity contribution in [3.63, 3.8) is 0 Å². The predicted molar refractivity (Wildman–Crippen MR) is 136 cm³/mol. The number of anilines is 1. The number of rotatable bonds is 6. The summed E-state index contributed by atoms with van der Waals surface area (Å²) in [6.07, 6.45) is 1.49. The monoisotopic (exact) mass is 484 g/mol. The van der Waals surface area contributed by atoms with E-state index in [4.69, 9.17) is 21.1 Å². The van der Waals surface area contributed by atoms with Crippen LogP contribution in [0.15, 0.2) is 90.5 Å². The van der Waals surface area contributed by atoms with E-state index in [1.807, 2.05) is 48.5 Å². The van der Waals surface area contributed by atoms with Crippen molar-refractivity contribution in [2.24, 2.45) is 0 Å². The Morgan fingerprint density at radius 2 is 1.69 bits per heavy atom. The zero-order valence-electron chi connectivity index (χ0n) is 18.8. The zero-order chi connectivity index (χ0) is 24.4. The van der Waals surface area contributed by atoms with E-state index in [0.717, 1.165) is 16.3 Å². The molecule has 35 heavy (non-hydrogen) atoms. The van der Waals surface area contributed by atoms with Gasteiger partial charge in [0.1, 0.15) is 12.2 Å². The smallest absolute Gasteiger partial charge is 0.282 e. The van der Waals surface area contributed by atoms with Gasteiger partial charge in [-0.2, -0.15) is 0 Å². The Labute approximate surface area is 207 Å². The SMILES string of the molecule is COc1cc(/C=C2/C(=O)NN(c3ccccc3)C2=O)cc(Cl)c1OCc1cccc2ccccc12. The lowest BCUT2D eigenvalue weighted by Crippen LogP contribution is -2.35. The van der Waals surface area contributed by atoms with E-state index in [0.29, 0.717) is 34.4 Å². The molecule has 1 fully saturated rings. The summed E-state index contributed by atoms with van der Waals surface area (Å²) in [7, 11) is 1.51. The fourth-order valence-electron chi connectivity index (χ4n) is 4.01. The Bertz CT molecular complexity index is 1460. The van der Waals surface area contributed by atoms with Gasteiger partial charge in [0.2, 0.25) is 0 Å². The lowest BCUT2D eigenvalue weighted by Gasteiger charge is -2.15. The molecule has 6 nitrogen and oxygen atoms in total. The van der Waals surface area contributed by atoms with Crippen LogP contribution in [-0.4, -0.2) is 18.9 Å². The van der Waals surface area contributed by atoms with Crippen LogP contribution in [-0.2, 0) is 16.2 Å². The van der Waals surface area contributed by atoms with Gasteiger partial charge in [-0.1, -0.05) is 72.3 Å². The summed E-state index contributed by atoms with van der Waals surface area (Å²) >= 11 is 6.55. The molecule has 2 amide bonds. The highest BCUT2D eigenvalue weighted by molar-refractivity contribution is 6.33. The minimum atomic E-state index is -0.495. The molecule has 1 heterocycles. The van der Waals surface area contributed by atoms with Crippen LogP contribution in [0.5, 0.6) is 11.5 Å². The molecule has 0 aromatic heterocycles. The van der Waals surface area contributed by atoms with Crippen LogP contribution in [0.1, 0.15) is 11.1 Å². The third-order valence-corrected chi connectivity index (χ3v) is 6.00. The highest BCUT2D eigenvalue weighted by Gasteiger charge is 2.34. The number of nitrogens with one attached hydrogen (secondary N) is 1. The summed E-state index contributed by atoms with van der Waals surface area (Å²) in [5, 5.41) is 3.74. The molecule has 1 aliphatic heterocycles. The molecule has 1 N–H and O–H groups in total. The Kier molecular flexibility index (Phi) is 6.12. The van der Waals surface area contributed by atoms with E-state index < -0.39 is 11.8 Å². The molecule has 1 saturated heterocycles. The summed E-state index contributed by atoms with van der Waals surface area (Å²) in [6.45, 7) is 0.296. The summed E-state index contributed by atoms with van der Waals surface area (Å²) in [5.74, 6) is -0.162. The van der Waals surface area contributed by atoms with Gasteiger partial charge in [-0.15, -0.1) is 0 Å². The fourth-order valence-corrected chi connectivity index (χ4v) is 4.29. The topological polar surface area (TPSA) is 67.9 Å². The number of halogens is 1. The molecule has 7 heteroatoms. The van der Waals surface area contributed by atoms with Gasteiger partial charge in [-0.25, -0.2) is 5.01 Å². The molecule has 4 aromatic rings. The minimum absolute atomic E-state index is 0.00334. The van der Waals surface area contributed by atoms with E-state index in [9.17, 15) is 9.59 Å². The van der Waals surface area contributed by atoms with Gasteiger partial charge in [0.25, 0.3) is 11.8 Å². The molecule has 0 radical (unpaired) electrons. The van der Waals surface area contributed by atoms with Crippen molar-refractivity contribution < 1.29 is 19.1 Å². The number of amides is 2.